The molecule has 0 bridgehead atoms. The fourth-order valence-corrected chi connectivity index (χ4v) is 3.08. The highest BCUT2D eigenvalue weighted by Crippen LogP contribution is 2.37. The SMILES string of the molecule is CCS(=O)(=O)NCC[C@H]1CCOC12CNC2. The molecule has 2 saturated heterocycles. The van der Waals surface area contributed by atoms with Crippen molar-refractivity contribution >= 4 is 10.0 Å². The zero-order valence-corrected chi connectivity index (χ0v) is 10.5. The molecule has 2 aliphatic rings. The first-order chi connectivity index (χ1) is 7.58. The molecule has 2 heterocycles. The predicted octanol–water partition coefficient (Wildman–Crippen LogP) is -0.306. The Morgan fingerprint density at radius 3 is 2.81 bits per heavy atom. The number of sulfonamides is 1. The molecular formula is C10H20N2O3S. The Kier molecular flexibility index (Phi) is 3.53. The van der Waals surface area contributed by atoms with Gasteiger partial charge in [-0.2, -0.15) is 0 Å². The first-order valence-corrected chi connectivity index (χ1v) is 7.55. The van der Waals surface area contributed by atoms with E-state index in [0.29, 0.717) is 12.5 Å². The van der Waals surface area contributed by atoms with Crippen LogP contribution in [0.1, 0.15) is 19.8 Å². The summed E-state index contributed by atoms with van der Waals surface area (Å²) in [5, 5.41) is 3.23. The summed E-state index contributed by atoms with van der Waals surface area (Å²) in [5.74, 6) is 0.647. The van der Waals surface area contributed by atoms with Crippen molar-refractivity contribution in [3.8, 4) is 0 Å². The molecule has 2 rings (SSSR count). The average Bonchev–Trinajstić information content (AvgIpc) is 2.61. The quantitative estimate of drug-likeness (QED) is 0.700. The van der Waals surface area contributed by atoms with Crippen LogP contribution in [0.15, 0.2) is 0 Å². The molecule has 0 aromatic carbocycles. The summed E-state index contributed by atoms with van der Waals surface area (Å²) in [4.78, 5) is 0. The van der Waals surface area contributed by atoms with E-state index in [1.165, 1.54) is 0 Å². The normalized spacial score (nSPS) is 28.2. The lowest BCUT2D eigenvalue weighted by molar-refractivity contribution is -0.0624. The standard InChI is InChI=1S/C10H20N2O3S/c1-2-16(13,14)12-5-3-9-4-6-15-10(9)7-11-8-10/h9,11-12H,2-8H2,1H3/t9-/m0/s1. The Morgan fingerprint density at radius 2 is 2.25 bits per heavy atom. The second kappa shape index (κ2) is 4.60. The Hall–Kier alpha value is -0.170. The van der Waals surface area contributed by atoms with Crippen LogP contribution in [-0.2, 0) is 14.8 Å². The van der Waals surface area contributed by atoms with Crippen LogP contribution in [0.2, 0.25) is 0 Å². The van der Waals surface area contributed by atoms with E-state index in [-0.39, 0.29) is 11.4 Å². The smallest absolute Gasteiger partial charge is 0.211 e. The summed E-state index contributed by atoms with van der Waals surface area (Å²) in [7, 11) is -3.04. The summed E-state index contributed by atoms with van der Waals surface area (Å²) in [6.07, 6.45) is 1.93. The monoisotopic (exact) mass is 248 g/mol. The van der Waals surface area contributed by atoms with Crippen molar-refractivity contribution in [1.29, 1.82) is 0 Å². The maximum atomic E-state index is 11.3. The first kappa shape index (κ1) is 12.3. The van der Waals surface area contributed by atoms with Crippen LogP contribution in [0.25, 0.3) is 0 Å². The Morgan fingerprint density at radius 1 is 1.50 bits per heavy atom. The minimum Gasteiger partial charge on any atom is -0.372 e. The van der Waals surface area contributed by atoms with E-state index >= 15 is 0 Å². The number of rotatable bonds is 5. The minimum absolute atomic E-state index is 0.0116. The predicted molar refractivity (Wildman–Crippen MR) is 61.7 cm³/mol. The topological polar surface area (TPSA) is 67.4 Å². The minimum atomic E-state index is -3.04. The van der Waals surface area contributed by atoms with Gasteiger partial charge in [-0.25, -0.2) is 13.1 Å². The number of hydrogen-bond donors (Lipinski definition) is 2. The average molecular weight is 248 g/mol. The molecule has 2 fully saturated rings. The van der Waals surface area contributed by atoms with Gasteiger partial charge in [0, 0.05) is 26.2 Å². The number of ether oxygens (including phenoxy) is 1. The van der Waals surface area contributed by atoms with Crippen molar-refractivity contribution in [2.24, 2.45) is 5.92 Å². The molecule has 1 spiro atoms. The molecule has 0 unspecified atom stereocenters. The molecule has 0 radical (unpaired) electrons. The van der Waals surface area contributed by atoms with E-state index in [1.807, 2.05) is 0 Å². The number of hydrogen-bond acceptors (Lipinski definition) is 4. The molecule has 2 N–H and O–H groups in total. The highest BCUT2D eigenvalue weighted by molar-refractivity contribution is 7.89. The van der Waals surface area contributed by atoms with Crippen LogP contribution in [-0.4, -0.2) is 46.0 Å². The van der Waals surface area contributed by atoms with Gasteiger partial charge in [-0.05, 0) is 25.7 Å². The Labute approximate surface area is 97.0 Å². The van der Waals surface area contributed by atoms with E-state index < -0.39 is 10.0 Å². The molecule has 2 aliphatic heterocycles. The molecular weight excluding hydrogens is 228 g/mol. The van der Waals surface area contributed by atoms with E-state index in [0.717, 1.165) is 32.5 Å². The van der Waals surface area contributed by atoms with Crippen molar-refractivity contribution < 1.29 is 13.2 Å². The fourth-order valence-electron chi connectivity index (χ4n) is 2.45. The fraction of sp³-hybridized carbons (Fsp3) is 1.00. The van der Waals surface area contributed by atoms with Gasteiger partial charge in [0.2, 0.25) is 10.0 Å². The van der Waals surface area contributed by atoms with Crippen LogP contribution < -0.4 is 10.0 Å². The summed E-state index contributed by atoms with van der Waals surface area (Å²) < 4.78 is 30.9. The zero-order chi connectivity index (χ0) is 11.6. The zero-order valence-electron chi connectivity index (χ0n) is 9.66. The molecule has 0 aromatic rings. The molecule has 1 atom stereocenters. The molecule has 94 valence electrons. The summed E-state index contributed by atoms with van der Waals surface area (Å²) in [5.41, 5.74) is 0.0116. The highest BCUT2D eigenvalue weighted by atomic mass is 32.2. The van der Waals surface area contributed by atoms with Crippen molar-refractivity contribution in [2.45, 2.75) is 25.4 Å². The van der Waals surface area contributed by atoms with Crippen molar-refractivity contribution in [1.82, 2.24) is 10.0 Å². The van der Waals surface area contributed by atoms with E-state index in [9.17, 15) is 8.42 Å². The van der Waals surface area contributed by atoms with E-state index in [2.05, 4.69) is 10.0 Å². The van der Waals surface area contributed by atoms with Gasteiger partial charge in [-0.15, -0.1) is 0 Å². The van der Waals surface area contributed by atoms with Crippen LogP contribution in [0.5, 0.6) is 0 Å². The largest absolute Gasteiger partial charge is 0.372 e. The third kappa shape index (κ3) is 2.40. The molecule has 0 aliphatic carbocycles. The lowest BCUT2D eigenvalue weighted by atomic mass is 9.80. The lowest BCUT2D eigenvalue weighted by Gasteiger charge is -2.43. The summed E-state index contributed by atoms with van der Waals surface area (Å²) in [6, 6.07) is 0. The van der Waals surface area contributed by atoms with Crippen molar-refractivity contribution in [3.63, 3.8) is 0 Å². The molecule has 5 nitrogen and oxygen atoms in total. The van der Waals surface area contributed by atoms with Crippen LogP contribution in [0, 0.1) is 5.92 Å². The van der Waals surface area contributed by atoms with Crippen molar-refractivity contribution in [2.75, 3.05) is 32.0 Å². The molecule has 0 saturated carbocycles. The van der Waals surface area contributed by atoms with Gasteiger partial charge >= 0.3 is 0 Å². The first-order valence-electron chi connectivity index (χ1n) is 5.90. The van der Waals surface area contributed by atoms with Crippen LogP contribution in [0.3, 0.4) is 0 Å². The Bertz CT molecular complexity index is 338. The maximum absolute atomic E-state index is 11.3. The van der Waals surface area contributed by atoms with Gasteiger partial charge in [0.05, 0.1) is 11.4 Å². The van der Waals surface area contributed by atoms with Crippen molar-refractivity contribution in [3.05, 3.63) is 0 Å². The second-order valence-corrected chi connectivity index (χ2v) is 6.68. The van der Waals surface area contributed by atoms with E-state index in [1.54, 1.807) is 6.92 Å². The maximum Gasteiger partial charge on any atom is 0.211 e. The highest BCUT2D eigenvalue weighted by Gasteiger charge is 2.48. The third-order valence-electron chi connectivity index (χ3n) is 3.64. The van der Waals surface area contributed by atoms with Gasteiger partial charge in [0.15, 0.2) is 0 Å². The van der Waals surface area contributed by atoms with Gasteiger partial charge in [-0.1, -0.05) is 0 Å². The van der Waals surface area contributed by atoms with Crippen LogP contribution >= 0.6 is 0 Å². The summed E-state index contributed by atoms with van der Waals surface area (Å²) >= 11 is 0. The molecule has 0 amide bonds. The van der Waals surface area contributed by atoms with Gasteiger partial charge in [0.1, 0.15) is 0 Å². The Balaban J connectivity index is 1.78. The second-order valence-electron chi connectivity index (χ2n) is 4.59. The van der Waals surface area contributed by atoms with Gasteiger partial charge in [-0.3, -0.25) is 0 Å². The van der Waals surface area contributed by atoms with E-state index in [4.69, 9.17) is 4.74 Å². The van der Waals surface area contributed by atoms with Crippen LogP contribution in [0.4, 0.5) is 0 Å². The van der Waals surface area contributed by atoms with Gasteiger partial charge < -0.3 is 10.1 Å². The molecule has 6 heteroatoms. The summed E-state index contributed by atoms with van der Waals surface area (Å²) in [6.45, 7) is 4.83. The lowest BCUT2D eigenvalue weighted by Crippen LogP contribution is -2.62. The molecule has 0 aromatic heterocycles. The number of nitrogens with one attached hydrogen (secondary N) is 2. The third-order valence-corrected chi connectivity index (χ3v) is 5.05. The molecule has 16 heavy (non-hydrogen) atoms. The van der Waals surface area contributed by atoms with Gasteiger partial charge in [0.25, 0.3) is 0 Å².